The summed E-state index contributed by atoms with van der Waals surface area (Å²) in [5, 5.41) is 0.292. The minimum Gasteiger partial charge on any atom is -0.482 e. The van der Waals surface area contributed by atoms with E-state index >= 15 is 0 Å². The maximum atomic E-state index is 12.6. The van der Waals surface area contributed by atoms with E-state index in [0.29, 0.717) is 26.8 Å². The normalized spacial score (nSPS) is 12.2. The van der Waals surface area contributed by atoms with Gasteiger partial charge < -0.3 is 14.2 Å². The van der Waals surface area contributed by atoms with Crippen LogP contribution in [0.5, 0.6) is 17.2 Å². The van der Waals surface area contributed by atoms with E-state index in [1.54, 1.807) is 31.2 Å². The Morgan fingerprint density at radius 2 is 1.52 bits per heavy atom. The molecular formula is C19H16BrF3O3S. The number of halogens is 4. The molecule has 1 unspecified atom stereocenters. The Morgan fingerprint density at radius 1 is 1.04 bits per heavy atom. The van der Waals surface area contributed by atoms with Gasteiger partial charge in [0.05, 0.1) is 5.56 Å². The summed E-state index contributed by atoms with van der Waals surface area (Å²) in [7, 11) is 0. The van der Waals surface area contributed by atoms with Gasteiger partial charge in [-0.15, -0.1) is 0 Å². The van der Waals surface area contributed by atoms with Gasteiger partial charge in [0.15, 0.2) is 6.10 Å². The molecule has 0 N–H and O–H groups in total. The summed E-state index contributed by atoms with van der Waals surface area (Å²) < 4.78 is 54.9. The zero-order chi connectivity index (χ0) is 20.0. The average molecular weight is 461 g/mol. The van der Waals surface area contributed by atoms with Gasteiger partial charge in [-0.05, 0) is 67.7 Å². The smallest absolute Gasteiger partial charge is 0.416 e. The molecule has 0 aliphatic carbocycles. The molecule has 8 heteroatoms. The summed E-state index contributed by atoms with van der Waals surface area (Å²) in [6, 6.07) is 11.1. The van der Waals surface area contributed by atoms with Crippen LogP contribution >= 0.6 is 28.1 Å². The first-order valence-electron chi connectivity index (χ1n) is 7.77. The molecule has 0 aliphatic heterocycles. The van der Waals surface area contributed by atoms with E-state index in [1.165, 1.54) is 12.1 Å². The highest BCUT2D eigenvalue weighted by Crippen LogP contribution is 2.31. The van der Waals surface area contributed by atoms with Crippen molar-refractivity contribution in [2.24, 2.45) is 0 Å². The molecule has 0 saturated carbocycles. The van der Waals surface area contributed by atoms with E-state index in [4.69, 9.17) is 26.4 Å². The summed E-state index contributed by atoms with van der Waals surface area (Å²) in [5.74, 6) is 1.31. The van der Waals surface area contributed by atoms with Gasteiger partial charge >= 0.3 is 6.18 Å². The van der Waals surface area contributed by atoms with E-state index in [2.05, 4.69) is 22.5 Å². The van der Waals surface area contributed by atoms with Crippen LogP contribution in [-0.2, 0) is 10.9 Å². The molecule has 0 radical (unpaired) electrons. The van der Waals surface area contributed by atoms with E-state index in [0.717, 1.165) is 12.1 Å². The Bertz CT molecular complexity index is 789. The standard InChI is InChI=1S/C19H16BrF3O3S/c1-12(20)11-24-18(27)13(2)25-15-7-9-17(10-8-15)26-16-5-3-14(4-6-16)19(21,22)23/h3-10,13H,1,11H2,2H3. The predicted octanol–water partition coefficient (Wildman–Crippen LogP) is 6.52. The van der Waals surface area contributed by atoms with Crippen LogP contribution in [0.3, 0.4) is 0 Å². The molecule has 2 aromatic rings. The lowest BCUT2D eigenvalue weighted by molar-refractivity contribution is -0.137. The van der Waals surface area contributed by atoms with Crippen LogP contribution in [0.4, 0.5) is 13.2 Å². The fourth-order valence-corrected chi connectivity index (χ4v) is 2.17. The molecule has 3 nitrogen and oxygen atoms in total. The highest BCUT2D eigenvalue weighted by atomic mass is 79.9. The monoisotopic (exact) mass is 460 g/mol. The molecule has 0 saturated heterocycles. The van der Waals surface area contributed by atoms with Gasteiger partial charge in [-0.25, -0.2) is 0 Å². The highest BCUT2D eigenvalue weighted by molar-refractivity contribution is 9.11. The van der Waals surface area contributed by atoms with Crippen molar-refractivity contribution in [2.75, 3.05) is 6.61 Å². The molecule has 0 spiro atoms. The average Bonchev–Trinajstić information content (AvgIpc) is 2.61. The van der Waals surface area contributed by atoms with Crippen LogP contribution in [-0.4, -0.2) is 17.8 Å². The lowest BCUT2D eigenvalue weighted by atomic mass is 10.2. The summed E-state index contributed by atoms with van der Waals surface area (Å²) in [6.45, 7) is 5.67. The molecule has 27 heavy (non-hydrogen) atoms. The molecule has 0 bridgehead atoms. The summed E-state index contributed by atoms with van der Waals surface area (Å²) in [6.07, 6.45) is -4.83. The maximum absolute atomic E-state index is 12.6. The molecular weight excluding hydrogens is 445 g/mol. The molecule has 0 aliphatic rings. The van der Waals surface area contributed by atoms with Gasteiger partial charge in [0.25, 0.3) is 0 Å². The highest BCUT2D eigenvalue weighted by Gasteiger charge is 2.30. The van der Waals surface area contributed by atoms with Crippen LogP contribution in [0, 0.1) is 0 Å². The van der Waals surface area contributed by atoms with Gasteiger partial charge in [0.1, 0.15) is 23.9 Å². The minimum atomic E-state index is -4.37. The van der Waals surface area contributed by atoms with Gasteiger partial charge in [-0.2, -0.15) is 13.2 Å². The quantitative estimate of drug-likeness (QED) is 0.439. The third-order valence-electron chi connectivity index (χ3n) is 3.26. The molecule has 0 amide bonds. The molecule has 0 heterocycles. The summed E-state index contributed by atoms with van der Waals surface area (Å²) >= 11 is 8.31. The fourth-order valence-electron chi connectivity index (χ4n) is 1.95. The van der Waals surface area contributed by atoms with Crippen molar-refractivity contribution in [3.05, 3.63) is 65.2 Å². The number of alkyl halides is 3. The lowest BCUT2D eigenvalue weighted by Gasteiger charge is -2.16. The van der Waals surface area contributed by atoms with E-state index in [9.17, 15) is 13.2 Å². The molecule has 0 fully saturated rings. The first-order chi connectivity index (χ1) is 12.6. The third kappa shape index (κ3) is 6.88. The molecule has 1 atom stereocenters. The predicted molar refractivity (Wildman–Crippen MR) is 105 cm³/mol. The molecule has 144 valence electrons. The Balaban J connectivity index is 1.93. The van der Waals surface area contributed by atoms with E-state index in [-0.39, 0.29) is 6.61 Å². The Labute approximate surface area is 168 Å². The van der Waals surface area contributed by atoms with Crippen LogP contribution in [0.2, 0.25) is 0 Å². The number of rotatable bonds is 7. The van der Waals surface area contributed by atoms with Gasteiger partial charge in [0, 0.05) is 4.48 Å². The second kappa shape index (κ2) is 9.23. The van der Waals surface area contributed by atoms with E-state index in [1.807, 2.05) is 0 Å². The Kier molecular flexibility index (Phi) is 7.26. The fraction of sp³-hybridized carbons (Fsp3) is 0.211. The second-order valence-corrected chi connectivity index (χ2v) is 7.00. The molecule has 2 aromatic carbocycles. The van der Waals surface area contributed by atoms with Crippen molar-refractivity contribution in [3.63, 3.8) is 0 Å². The zero-order valence-corrected chi connectivity index (χ0v) is 16.7. The third-order valence-corrected chi connectivity index (χ3v) is 3.94. The van der Waals surface area contributed by atoms with Crippen LogP contribution < -0.4 is 9.47 Å². The first-order valence-corrected chi connectivity index (χ1v) is 8.97. The van der Waals surface area contributed by atoms with E-state index < -0.39 is 17.8 Å². The van der Waals surface area contributed by atoms with Crippen LogP contribution in [0.15, 0.2) is 59.6 Å². The summed E-state index contributed by atoms with van der Waals surface area (Å²) in [5.41, 5.74) is -0.728. The molecule has 0 aromatic heterocycles. The Morgan fingerprint density at radius 3 is 2.00 bits per heavy atom. The lowest BCUT2D eigenvalue weighted by Crippen LogP contribution is -2.24. The largest absolute Gasteiger partial charge is 0.482 e. The molecule has 2 rings (SSSR count). The van der Waals surface area contributed by atoms with Crippen LogP contribution in [0.25, 0.3) is 0 Å². The number of hydrogen-bond donors (Lipinski definition) is 0. The van der Waals surface area contributed by atoms with Gasteiger partial charge in [0.2, 0.25) is 5.05 Å². The number of benzene rings is 2. The summed E-state index contributed by atoms with van der Waals surface area (Å²) in [4.78, 5) is 0. The van der Waals surface area contributed by atoms with Crippen molar-refractivity contribution in [1.29, 1.82) is 0 Å². The van der Waals surface area contributed by atoms with Crippen molar-refractivity contribution >= 4 is 33.2 Å². The van der Waals surface area contributed by atoms with Crippen molar-refractivity contribution in [2.45, 2.75) is 19.2 Å². The van der Waals surface area contributed by atoms with Crippen molar-refractivity contribution in [1.82, 2.24) is 0 Å². The second-order valence-electron chi connectivity index (χ2n) is 5.48. The number of thiocarbonyl (C=S) groups is 1. The minimum absolute atomic E-state index is 0.256. The van der Waals surface area contributed by atoms with Crippen molar-refractivity contribution in [3.8, 4) is 17.2 Å². The van der Waals surface area contributed by atoms with Crippen molar-refractivity contribution < 1.29 is 27.4 Å². The van der Waals surface area contributed by atoms with Gasteiger partial charge in [-0.1, -0.05) is 22.5 Å². The van der Waals surface area contributed by atoms with Crippen LogP contribution in [0.1, 0.15) is 12.5 Å². The SMILES string of the molecule is C=C(Br)COC(=S)C(C)Oc1ccc(Oc2ccc(C(F)(F)F)cc2)cc1. The maximum Gasteiger partial charge on any atom is 0.416 e. The zero-order valence-electron chi connectivity index (χ0n) is 14.3. The topological polar surface area (TPSA) is 27.7 Å². The number of hydrogen-bond acceptors (Lipinski definition) is 4. The first kappa shape index (κ1) is 21.2. The Hall–Kier alpha value is -2.06. The van der Waals surface area contributed by atoms with Gasteiger partial charge in [-0.3, -0.25) is 0 Å². The number of ether oxygens (including phenoxy) is 3.